The van der Waals surface area contributed by atoms with Crippen LogP contribution in [0.3, 0.4) is 0 Å². The number of para-hydroxylation sites is 1. The molecule has 1 aromatic carbocycles. The van der Waals surface area contributed by atoms with Gasteiger partial charge in [-0.2, -0.15) is 0 Å². The first kappa shape index (κ1) is 11.6. The molecule has 0 bridgehead atoms. The largest absolute Gasteiger partial charge is 0.489 e. The van der Waals surface area contributed by atoms with Crippen molar-refractivity contribution in [2.45, 2.75) is 12.8 Å². The molecule has 0 aliphatic carbocycles. The Kier molecular flexibility index (Phi) is 5.05. The Morgan fingerprint density at radius 2 is 2.07 bits per heavy atom. The fraction of sp³-hybridized carbons (Fsp3) is 0.400. The normalized spacial score (nSPS) is 10.2. The Balaban J connectivity index is 2.49. The van der Waals surface area contributed by atoms with E-state index in [-0.39, 0.29) is 5.75 Å². The van der Waals surface area contributed by atoms with E-state index in [0.29, 0.717) is 17.5 Å². The van der Waals surface area contributed by atoms with Gasteiger partial charge in [0.05, 0.1) is 11.6 Å². The zero-order valence-corrected chi connectivity index (χ0v) is 9.11. The van der Waals surface area contributed by atoms with Crippen LogP contribution in [0, 0.1) is 5.82 Å². The number of benzene rings is 1. The van der Waals surface area contributed by atoms with E-state index in [1.54, 1.807) is 12.1 Å². The number of alkyl halides is 1. The smallest absolute Gasteiger partial charge is 0.173 e. The van der Waals surface area contributed by atoms with Gasteiger partial charge < -0.3 is 4.74 Å². The number of rotatable bonds is 5. The van der Waals surface area contributed by atoms with Crippen molar-refractivity contribution >= 4 is 23.2 Å². The summed E-state index contributed by atoms with van der Waals surface area (Å²) in [5.74, 6) is 0.293. The summed E-state index contributed by atoms with van der Waals surface area (Å²) in [6, 6.07) is 4.47. The summed E-state index contributed by atoms with van der Waals surface area (Å²) in [6.07, 6.45) is 1.65. The molecule has 0 N–H and O–H groups in total. The summed E-state index contributed by atoms with van der Waals surface area (Å²) in [5, 5.41) is 0.302. The lowest BCUT2D eigenvalue weighted by atomic mass is 10.3. The van der Waals surface area contributed by atoms with Crippen molar-refractivity contribution < 1.29 is 9.13 Å². The highest BCUT2D eigenvalue weighted by Gasteiger charge is 2.06. The molecule has 0 saturated heterocycles. The molecule has 0 saturated carbocycles. The van der Waals surface area contributed by atoms with Gasteiger partial charge in [0.25, 0.3) is 0 Å². The molecule has 1 aromatic rings. The maximum absolute atomic E-state index is 13.1. The van der Waals surface area contributed by atoms with Gasteiger partial charge in [-0.3, -0.25) is 0 Å². The molecule has 1 nitrogen and oxygen atoms in total. The fourth-order valence-corrected chi connectivity index (χ4v) is 1.40. The minimum absolute atomic E-state index is 0.128. The zero-order chi connectivity index (χ0) is 10.4. The van der Waals surface area contributed by atoms with Gasteiger partial charge in [-0.05, 0) is 25.0 Å². The number of hydrogen-bond donors (Lipinski definition) is 0. The molecule has 0 spiro atoms. The summed E-state index contributed by atoms with van der Waals surface area (Å²) in [5.41, 5.74) is 0. The van der Waals surface area contributed by atoms with Crippen LogP contribution in [-0.4, -0.2) is 12.5 Å². The standard InChI is InChI=1S/C10H11Cl2FO/c11-6-1-2-7-14-10-8(12)4-3-5-9(10)13/h3-5H,1-2,6-7H2. The lowest BCUT2D eigenvalue weighted by molar-refractivity contribution is 0.295. The predicted molar refractivity (Wildman–Crippen MR) is 56.9 cm³/mol. The molecule has 0 aromatic heterocycles. The highest BCUT2D eigenvalue weighted by Crippen LogP contribution is 2.27. The van der Waals surface area contributed by atoms with Crippen molar-refractivity contribution in [3.63, 3.8) is 0 Å². The molecular formula is C10H11Cl2FO. The molecule has 1 rings (SSSR count). The summed E-state index contributed by atoms with van der Waals surface area (Å²) in [4.78, 5) is 0. The molecule has 0 atom stereocenters. The Morgan fingerprint density at radius 1 is 1.29 bits per heavy atom. The van der Waals surface area contributed by atoms with Gasteiger partial charge in [-0.15, -0.1) is 11.6 Å². The van der Waals surface area contributed by atoms with Crippen LogP contribution in [-0.2, 0) is 0 Å². The topological polar surface area (TPSA) is 9.23 Å². The highest BCUT2D eigenvalue weighted by molar-refractivity contribution is 6.32. The molecule has 0 fully saturated rings. The van der Waals surface area contributed by atoms with Gasteiger partial charge in [-0.25, -0.2) is 4.39 Å². The second-order valence-electron chi connectivity index (χ2n) is 2.80. The first-order valence-electron chi connectivity index (χ1n) is 4.38. The zero-order valence-electron chi connectivity index (χ0n) is 7.60. The van der Waals surface area contributed by atoms with E-state index in [1.807, 2.05) is 0 Å². The van der Waals surface area contributed by atoms with E-state index < -0.39 is 5.82 Å². The molecule has 0 heterocycles. The van der Waals surface area contributed by atoms with E-state index in [9.17, 15) is 4.39 Å². The predicted octanol–water partition coefficient (Wildman–Crippen LogP) is 3.88. The third kappa shape index (κ3) is 3.35. The number of unbranched alkanes of at least 4 members (excludes halogenated alkanes) is 1. The van der Waals surface area contributed by atoms with E-state index >= 15 is 0 Å². The van der Waals surface area contributed by atoms with Crippen LogP contribution in [0.4, 0.5) is 4.39 Å². The average molecular weight is 237 g/mol. The quantitative estimate of drug-likeness (QED) is 0.557. The van der Waals surface area contributed by atoms with Crippen molar-refractivity contribution in [3.05, 3.63) is 29.0 Å². The molecule has 0 unspecified atom stereocenters. The summed E-state index contributed by atoms with van der Waals surface area (Å²) in [6.45, 7) is 0.438. The van der Waals surface area contributed by atoms with Crippen molar-refractivity contribution in [2.24, 2.45) is 0 Å². The summed E-state index contributed by atoms with van der Waals surface area (Å²) < 4.78 is 18.3. The lowest BCUT2D eigenvalue weighted by Gasteiger charge is -2.07. The van der Waals surface area contributed by atoms with Crippen LogP contribution >= 0.6 is 23.2 Å². The second-order valence-corrected chi connectivity index (χ2v) is 3.58. The van der Waals surface area contributed by atoms with Crippen molar-refractivity contribution in [3.8, 4) is 5.75 Å². The fourth-order valence-electron chi connectivity index (χ4n) is 0.991. The minimum Gasteiger partial charge on any atom is -0.489 e. The van der Waals surface area contributed by atoms with Crippen molar-refractivity contribution in [2.75, 3.05) is 12.5 Å². The van der Waals surface area contributed by atoms with Crippen molar-refractivity contribution in [1.29, 1.82) is 0 Å². The van der Waals surface area contributed by atoms with Gasteiger partial charge in [-0.1, -0.05) is 17.7 Å². The molecule has 14 heavy (non-hydrogen) atoms. The average Bonchev–Trinajstić information content (AvgIpc) is 2.16. The number of ether oxygens (including phenoxy) is 1. The van der Waals surface area contributed by atoms with Crippen LogP contribution in [0.15, 0.2) is 18.2 Å². The van der Waals surface area contributed by atoms with Gasteiger partial charge in [0.2, 0.25) is 0 Å². The highest BCUT2D eigenvalue weighted by atomic mass is 35.5. The monoisotopic (exact) mass is 236 g/mol. The van der Waals surface area contributed by atoms with E-state index in [0.717, 1.165) is 12.8 Å². The maximum Gasteiger partial charge on any atom is 0.173 e. The Hall–Kier alpha value is -0.470. The number of halogens is 3. The summed E-state index contributed by atoms with van der Waals surface area (Å²) in [7, 11) is 0. The van der Waals surface area contributed by atoms with Gasteiger partial charge >= 0.3 is 0 Å². The van der Waals surface area contributed by atoms with Crippen LogP contribution < -0.4 is 4.74 Å². The first-order valence-corrected chi connectivity index (χ1v) is 5.29. The Labute approximate surface area is 92.8 Å². The van der Waals surface area contributed by atoms with E-state index in [2.05, 4.69) is 0 Å². The lowest BCUT2D eigenvalue weighted by Crippen LogP contribution is -2.00. The molecule has 4 heteroatoms. The van der Waals surface area contributed by atoms with Gasteiger partial charge in [0.15, 0.2) is 11.6 Å². The molecule has 78 valence electrons. The molecule has 0 aliphatic rings. The van der Waals surface area contributed by atoms with Gasteiger partial charge in [0.1, 0.15) is 0 Å². The first-order chi connectivity index (χ1) is 6.75. The van der Waals surface area contributed by atoms with E-state index in [4.69, 9.17) is 27.9 Å². The molecular weight excluding hydrogens is 226 g/mol. The van der Waals surface area contributed by atoms with Crippen molar-refractivity contribution in [1.82, 2.24) is 0 Å². The minimum atomic E-state index is -0.427. The van der Waals surface area contributed by atoms with Crippen LogP contribution in [0.2, 0.25) is 5.02 Å². The second kappa shape index (κ2) is 6.10. The number of hydrogen-bond acceptors (Lipinski definition) is 1. The SMILES string of the molecule is Fc1cccc(Cl)c1OCCCCCl. The molecule has 0 aliphatic heterocycles. The maximum atomic E-state index is 13.1. The third-order valence-corrected chi connectivity index (χ3v) is 2.26. The molecule has 0 radical (unpaired) electrons. The van der Waals surface area contributed by atoms with Crippen LogP contribution in [0.1, 0.15) is 12.8 Å². The summed E-state index contributed by atoms with van der Waals surface area (Å²) >= 11 is 11.2. The van der Waals surface area contributed by atoms with E-state index in [1.165, 1.54) is 6.07 Å². The molecule has 0 amide bonds. The Bertz CT molecular complexity index is 271. The van der Waals surface area contributed by atoms with Crippen LogP contribution in [0.5, 0.6) is 5.75 Å². The van der Waals surface area contributed by atoms with Crippen LogP contribution in [0.25, 0.3) is 0 Å². The van der Waals surface area contributed by atoms with Gasteiger partial charge in [0, 0.05) is 5.88 Å². The Morgan fingerprint density at radius 3 is 2.71 bits per heavy atom. The third-order valence-electron chi connectivity index (χ3n) is 1.69.